The molecular formula is C12H19N5O2. The van der Waals surface area contributed by atoms with Crippen molar-refractivity contribution in [2.24, 2.45) is 0 Å². The number of piperazine rings is 1. The van der Waals surface area contributed by atoms with Crippen LogP contribution in [-0.4, -0.2) is 42.6 Å². The van der Waals surface area contributed by atoms with E-state index in [9.17, 15) is 10.1 Å². The number of aromatic nitrogens is 1. The van der Waals surface area contributed by atoms with Crippen molar-refractivity contribution in [2.45, 2.75) is 13.3 Å². The molecule has 0 bridgehead atoms. The highest BCUT2D eigenvalue weighted by Gasteiger charge is 2.17. The van der Waals surface area contributed by atoms with E-state index in [1.165, 1.54) is 6.07 Å². The molecule has 1 aliphatic rings. The molecule has 19 heavy (non-hydrogen) atoms. The molecule has 2 rings (SSSR count). The highest BCUT2D eigenvalue weighted by molar-refractivity contribution is 5.56. The van der Waals surface area contributed by atoms with Gasteiger partial charge in [-0.15, -0.1) is 0 Å². The molecule has 0 aliphatic carbocycles. The van der Waals surface area contributed by atoms with E-state index in [1.807, 2.05) is 6.92 Å². The Hall–Kier alpha value is -1.89. The van der Waals surface area contributed by atoms with Gasteiger partial charge in [0.1, 0.15) is 11.6 Å². The highest BCUT2D eigenvalue weighted by atomic mass is 16.6. The minimum atomic E-state index is -0.371. The quantitative estimate of drug-likeness (QED) is 0.615. The van der Waals surface area contributed by atoms with Crippen molar-refractivity contribution in [3.8, 4) is 0 Å². The van der Waals surface area contributed by atoms with E-state index in [1.54, 1.807) is 6.07 Å². The van der Waals surface area contributed by atoms with Gasteiger partial charge in [0.25, 0.3) is 5.69 Å². The third-order valence-electron chi connectivity index (χ3n) is 3.00. The van der Waals surface area contributed by atoms with E-state index in [0.717, 1.165) is 39.1 Å². The summed E-state index contributed by atoms with van der Waals surface area (Å²) in [6.07, 6.45) is 0.952. The fraction of sp³-hybridized carbons (Fsp3) is 0.583. The molecule has 1 fully saturated rings. The van der Waals surface area contributed by atoms with Gasteiger partial charge in [0.05, 0.1) is 17.1 Å². The van der Waals surface area contributed by atoms with E-state index < -0.39 is 0 Å². The van der Waals surface area contributed by atoms with Crippen molar-refractivity contribution in [2.75, 3.05) is 42.9 Å². The van der Waals surface area contributed by atoms with Crippen molar-refractivity contribution in [3.05, 3.63) is 22.2 Å². The average molecular weight is 265 g/mol. The lowest BCUT2D eigenvalue weighted by Crippen LogP contribution is -2.43. The van der Waals surface area contributed by atoms with E-state index in [-0.39, 0.29) is 10.6 Å². The highest BCUT2D eigenvalue weighted by Crippen LogP contribution is 2.23. The van der Waals surface area contributed by atoms with Gasteiger partial charge in [-0.3, -0.25) is 10.1 Å². The summed E-state index contributed by atoms with van der Waals surface area (Å²) in [4.78, 5) is 17.1. The second-order valence-electron chi connectivity index (χ2n) is 4.49. The zero-order valence-electron chi connectivity index (χ0n) is 11.1. The monoisotopic (exact) mass is 265 g/mol. The van der Waals surface area contributed by atoms with Crippen LogP contribution in [0, 0.1) is 10.1 Å². The first kappa shape index (κ1) is 13.5. The first-order chi connectivity index (χ1) is 9.20. The van der Waals surface area contributed by atoms with Gasteiger partial charge in [-0.1, -0.05) is 6.92 Å². The van der Waals surface area contributed by atoms with Gasteiger partial charge in [-0.25, -0.2) is 4.98 Å². The lowest BCUT2D eigenvalue weighted by Gasteiger charge is -2.28. The fourth-order valence-electron chi connectivity index (χ4n) is 2.01. The smallest absolute Gasteiger partial charge is 0.276 e. The maximum Gasteiger partial charge on any atom is 0.276 e. The number of hydrogen-bond acceptors (Lipinski definition) is 6. The number of nitro groups is 1. The van der Waals surface area contributed by atoms with Crippen LogP contribution < -0.4 is 15.5 Å². The SMILES string of the molecule is CCCNc1cc([N+](=O)[O-])cc(N2CCNCC2)n1. The van der Waals surface area contributed by atoms with Crippen molar-refractivity contribution in [1.29, 1.82) is 0 Å². The van der Waals surface area contributed by atoms with Crippen LogP contribution in [0.5, 0.6) is 0 Å². The summed E-state index contributed by atoms with van der Waals surface area (Å²) in [5.74, 6) is 1.25. The average Bonchev–Trinajstić information content (AvgIpc) is 2.45. The van der Waals surface area contributed by atoms with E-state index >= 15 is 0 Å². The number of rotatable bonds is 5. The normalized spacial score (nSPS) is 15.3. The molecule has 1 aromatic heterocycles. The maximum atomic E-state index is 11.0. The molecule has 7 heteroatoms. The molecule has 0 aromatic carbocycles. The molecule has 104 valence electrons. The zero-order valence-corrected chi connectivity index (χ0v) is 11.1. The molecule has 7 nitrogen and oxygen atoms in total. The second kappa shape index (κ2) is 6.33. The van der Waals surface area contributed by atoms with Gasteiger partial charge >= 0.3 is 0 Å². The molecule has 0 unspecified atom stereocenters. The summed E-state index contributed by atoms with van der Waals surface area (Å²) in [6, 6.07) is 3.03. The van der Waals surface area contributed by atoms with Crippen LogP contribution in [0.25, 0.3) is 0 Å². The second-order valence-corrected chi connectivity index (χ2v) is 4.49. The molecule has 1 aromatic rings. The molecule has 0 spiro atoms. The Morgan fingerprint density at radius 3 is 2.84 bits per heavy atom. The Balaban J connectivity index is 2.24. The topological polar surface area (TPSA) is 83.3 Å². The van der Waals surface area contributed by atoms with Crippen LogP contribution in [0.1, 0.15) is 13.3 Å². The van der Waals surface area contributed by atoms with Crippen molar-refractivity contribution < 1.29 is 4.92 Å². The number of pyridine rings is 1. The van der Waals surface area contributed by atoms with E-state index in [4.69, 9.17) is 0 Å². The summed E-state index contributed by atoms with van der Waals surface area (Å²) in [5.41, 5.74) is 0.0853. The summed E-state index contributed by atoms with van der Waals surface area (Å²) >= 11 is 0. The fourth-order valence-corrected chi connectivity index (χ4v) is 2.01. The molecule has 0 amide bonds. The summed E-state index contributed by atoms with van der Waals surface area (Å²) in [6.45, 7) is 6.20. The van der Waals surface area contributed by atoms with Crippen molar-refractivity contribution in [1.82, 2.24) is 10.3 Å². The summed E-state index contributed by atoms with van der Waals surface area (Å²) < 4.78 is 0. The lowest BCUT2D eigenvalue weighted by molar-refractivity contribution is -0.384. The van der Waals surface area contributed by atoms with Crippen LogP contribution in [0.2, 0.25) is 0 Å². The van der Waals surface area contributed by atoms with Crippen LogP contribution in [0.3, 0.4) is 0 Å². The van der Waals surface area contributed by atoms with Gasteiger partial charge < -0.3 is 15.5 Å². The molecule has 1 aliphatic heterocycles. The van der Waals surface area contributed by atoms with Crippen LogP contribution >= 0.6 is 0 Å². The first-order valence-corrected chi connectivity index (χ1v) is 6.56. The number of nitrogens with zero attached hydrogens (tertiary/aromatic N) is 3. The third-order valence-corrected chi connectivity index (χ3v) is 3.00. The largest absolute Gasteiger partial charge is 0.370 e. The summed E-state index contributed by atoms with van der Waals surface area (Å²) in [7, 11) is 0. The molecule has 2 N–H and O–H groups in total. The maximum absolute atomic E-state index is 11.0. The minimum absolute atomic E-state index is 0.0853. The predicted octanol–water partition coefficient (Wildman–Crippen LogP) is 1.22. The standard InChI is InChI=1S/C12H19N5O2/c1-2-3-14-11-8-10(17(18)19)9-12(15-11)16-6-4-13-5-7-16/h8-9,13H,2-7H2,1H3,(H,14,15). The van der Waals surface area contributed by atoms with E-state index in [0.29, 0.717) is 11.6 Å². The van der Waals surface area contributed by atoms with Crippen LogP contribution in [-0.2, 0) is 0 Å². The van der Waals surface area contributed by atoms with Gasteiger partial charge in [-0.05, 0) is 6.42 Å². The van der Waals surface area contributed by atoms with Gasteiger partial charge in [-0.2, -0.15) is 0 Å². The van der Waals surface area contributed by atoms with E-state index in [2.05, 4.69) is 20.5 Å². The summed E-state index contributed by atoms with van der Waals surface area (Å²) in [5, 5.41) is 17.3. The lowest BCUT2D eigenvalue weighted by atomic mass is 10.3. The molecule has 0 saturated carbocycles. The van der Waals surface area contributed by atoms with Crippen LogP contribution in [0.4, 0.5) is 17.3 Å². The predicted molar refractivity (Wildman–Crippen MR) is 74.8 cm³/mol. The Morgan fingerprint density at radius 1 is 1.47 bits per heavy atom. The molecule has 0 atom stereocenters. The Morgan fingerprint density at radius 2 is 2.21 bits per heavy atom. The molecule has 2 heterocycles. The number of hydrogen-bond donors (Lipinski definition) is 2. The van der Waals surface area contributed by atoms with Crippen LogP contribution in [0.15, 0.2) is 12.1 Å². The number of nitrogens with one attached hydrogen (secondary N) is 2. The zero-order chi connectivity index (χ0) is 13.7. The van der Waals surface area contributed by atoms with Gasteiger partial charge in [0.15, 0.2) is 0 Å². The third kappa shape index (κ3) is 3.54. The Labute approximate surface area is 112 Å². The van der Waals surface area contributed by atoms with Crippen molar-refractivity contribution in [3.63, 3.8) is 0 Å². The number of anilines is 2. The molecular weight excluding hydrogens is 246 g/mol. The van der Waals surface area contributed by atoms with Gasteiger partial charge in [0, 0.05) is 32.7 Å². The minimum Gasteiger partial charge on any atom is -0.370 e. The Kier molecular flexibility index (Phi) is 4.51. The Bertz CT molecular complexity index is 446. The molecule has 0 radical (unpaired) electrons. The molecule has 1 saturated heterocycles. The van der Waals surface area contributed by atoms with Gasteiger partial charge in [0.2, 0.25) is 0 Å². The first-order valence-electron chi connectivity index (χ1n) is 6.56. The van der Waals surface area contributed by atoms with Crippen molar-refractivity contribution >= 4 is 17.3 Å².